The third kappa shape index (κ3) is 2.95. The molecule has 0 atom stereocenters. The van der Waals surface area contributed by atoms with E-state index in [0.29, 0.717) is 23.9 Å². The molecule has 0 bridgehead atoms. The average Bonchev–Trinajstić information content (AvgIpc) is 3.28. The van der Waals surface area contributed by atoms with Crippen molar-refractivity contribution in [3.8, 4) is 11.8 Å². The van der Waals surface area contributed by atoms with E-state index in [2.05, 4.69) is 16.8 Å². The van der Waals surface area contributed by atoms with Crippen molar-refractivity contribution in [3.63, 3.8) is 0 Å². The van der Waals surface area contributed by atoms with E-state index in [4.69, 9.17) is 5.73 Å². The number of aromatic nitrogens is 2. The van der Waals surface area contributed by atoms with E-state index in [1.54, 1.807) is 12.1 Å². The zero-order chi connectivity index (χ0) is 18.1. The normalized spacial score (nSPS) is 15.1. The SMILES string of the molecule is Nc1nc2ccc(C#Cc3ccccc3)cc2n1S(=O)(=O)C1CCCC1. The van der Waals surface area contributed by atoms with Crippen molar-refractivity contribution in [1.82, 2.24) is 8.96 Å². The van der Waals surface area contributed by atoms with E-state index >= 15 is 0 Å². The quantitative estimate of drug-likeness (QED) is 0.708. The Labute approximate surface area is 152 Å². The third-order valence-electron chi connectivity index (χ3n) is 4.74. The second kappa shape index (κ2) is 6.50. The molecule has 1 heterocycles. The highest BCUT2D eigenvalue weighted by Gasteiger charge is 2.32. The Bertz CT molecular complexity index is 1120. The molecule has 0 radical (unpaired) electrons. The first-order valence-corrected chi connectivity index (χ1v) is 10.2. The number of fused-ring (bicyclic) bond motifs is 1. The highest BCUT2D eigenvalue weighted by atomic mass is 32.2. The molecule has 4 rings (SSSR count). The number of anilines is 1. The lowest BCUT2D eigenvalue weighted by Crippen LogP contribution is -2.26. The van der Waals surface area contributed by atoms with E-state index in [1.165, 1.54) is 3.97 Å². The van der Waals surface area contributed by atoms with Crippen LogP contribution in [0.5, 0.6) is 0 Å². The van der Waals surface area contributed by atoms with Crippen LogP contribution in [0.25, 0.3) is 11.0 Å². The zero-order valence-corrected chi connectivity index (χ0v) is 15.0. The fraction of sp³-hybridized carbons (Fsp3) is 0.250. The minimum Gasteiger partial charge on any atom is -0.368 e. The van der Waals surface area contributed by atoms with E-state index in [9.17, 15) is 8.42 Å². The maximum Gasteiger partial charge on any atom is 0.244 e. The Morgan fingerprint density at radius 1 is 1.00 bits per heavy atom. The topological polar surface area (TPSA) is 78.0 Å². The van der Waals surface area contributed by atoms with Crippen molar-refractivity contribution in [2.24, 2.45) is 0 Å². The van der Waals surface area contributed by atoms with Gasteiger partial charge in [-0.15, -0.1) is 0 Å². The summed E-state index contributed by atoms with van der Waals surface area (Å²) in [5, 5.41) is -0.388. The lowest BCUT2D eigenvalue weighted by atomic mass is 10.1. The van der Waals surface area contributed by atoms with Gasteiger partial charge in [0.15, 0.2) is 0 Å². The van der Waals surface area contributed by atoms with Crippen LogP contribution in [0.2, 0.25) is 0 Å². The highest BCUT2D eigenvalue weighted by Crippen LogP contribution is 2.30. The third-order valence-corrected chi connectivity index (χ3v) is 6.95. The highest BCUT2D eigenvalue weighted by molar-refractivity contribution is 7.90. The average molecular weight is 365 g/mol. The molecule has 26 heavy (non-hydrogen) atoms. The van der Waals surface area contributed by atoms with E-state index < -0.39 is 10.0 Å². The van der Waals surface area contributed by atoms with Crippen LogP contribution < -0.4 is 5.73 Å². The van der Waals surface area contributed by atoms with Gasteiger partial charge in [-0.1, -0.05) is 42.9 Å². The van der Waals surface area contributed by atoms with E-state index in [-0.39, 0.29) is 11.2 Å². The summed E-state index contributed by atoms with van der Waals surface area (Å²) in [6.45, 7) is 0. The molecule has 1 aliphatic rings. The van der Waals surface area contributed by atoms with Crippen LogP contribution in [0.1, 0.15) is 36.8 Å². The molecule has 1 saturated carbocycles. The van der Waals surface area contributed by atoms with Crippen molar-refractivity contribution in [2.75, 3.05) is 5.73 Å². The predicted molar refractivity (Wildman–Crippen MR) is 103 cm³/mol. The molecule has 3 aromatic rings. The standard InChI is InChI=1S/C20H19N3O2S/c21-20-22-18-13-12-16(11-10-15-6-2-1-3-7-15)14-19(18)23(20)26(24,25)17-8-4-5-9-17/h1-3,6-7,12-14,17H,4-5,8-9H2,(H2,21,22). The summed E-state index contributed by atoms with van der Waals surface area (Å²) < 4.78 is 27.3. The number of hydrogen-bond acceptors (Lipinski definition) is 4. The van der Waals surface area contributed by atoms with Crippen LogP contribution in [0.15, 0.2) is 48.5 Å². The summed E-state index contributed by atoms with van der Waals surface area (Å²) in [5.41, 5.74) is 8.65. The number of nitrogens with zero attached hydrogens (tertiary/aromatic N) is 2. The number of rotatable bonds is 2. The van der Waals surface area contributed by atoms with E-state index in [0.717, 1.165) is 24.0 Å². The molecule has 1 aromatic heterocycles. The van der Waals surface area contributed by atoms with Gasteiger partial charge in [-0.05, 0) is 43.2 Å². The number of hydrogen-bond donors (Lipinski definition) is 1. The van der Waals surface area contributed by atoms with Gasteiger partial charge in [-0.2, -0.15) is 0 Å². The fourth-order valence-corrected chi connectivity index (χ4v) is 5.37. The molecule has 0 amide bonds. The van der Waals surface area contributed by atoms with Crippen molar-refractivity contribution in [2.45, 2.75) is 30.9 Å². The fourth-order valence-electron chi connectivity index (χ4n) is 3.42. The van der Waals surface area contributed by atoms with Crippen molar-refractivity contribution >= 4 is 27.0 Å². The van der Waals surface area contributed by atoms with Gasteiger partial charge in [0.2, 0.25) is 16.0 Å². The van der Waals surface area contributed by atoms with Crippen LogP contribution in [0.3, 0.4) is 0 Å². The van der Waals surface area contributed by atoms with Gasteiger partial charge in [-0.3, -0.25) is 0 Å². The first-order valence-electron chi connectivity index (χ1n) is 8.65. The first-order chi connectivity index (χ1) is 12.6. The second-order valence-electron chi connectivity index (χ2n) is 6.51. The molecule has 0 saturated heterocycles. The Balaban J connectivity index is 1.80. The Morgan fingerprint density at radius 2 is 1.69 bits per heavy atom. The summed E-state index contributed by atoms with van der Waals surface area (Å²) in [6, 6.07) is 15.0. The van der Waals surface area contributed by atoms with Gasteiger partial charge in [0, 0.05) is 11.1 Å². The lowest BCUT2D eigenvalue weighted by molar-refractivity contribution is 0.572. The Kier molecular flexibility index (Phi) is 4.17. The van der Waals surface area contributed by atoms with Crippen LogP contribution in [-0.2, 0) is 10.0 Å². The molecule has 2 aromatic carbocycles. The number of benzene rings is 2. The smallest absolute Gasteiger partial charge is 0.244 e. The summed E-state index contributed by atoms with van der Waals surface area (Å²) in [5.74, 6) is 6.18. The van der Waals surface area contributed by atoms with E-state index in [1.807, 2.05) is 36.4 Å². The van der Waals surface area contributed by atoms with Crippen molar-refractivity contribution < 1.29 is 8.42 Å². The first kappa shape index (κ1) is 16.7. The van der Waals surface area contributed by atoms with Crippen LogP contribution in [0, 0.1) is 11.8 Å². The molecule has 0 spiro atoms. The molecule has 2 N–H and O–H groups in total. The molecular formula is C20H19N3O2S. The Morgan fingerprint density at radius 3 is 2.42 bits per heavy atom. The number of imidazole rings is 1. The largest absolute Gasteiger partial charge is 0.368 e. The molecule has 0 unspecified atom stereocenters. The lowest BCUT2D eigenvalue weighted by Gasteiger charge is -2.13. The second-order valence-corrected chi connectivity index (χ2v) is 8.57. The van der Waals surface area contributed by atoms with Gasteiger partial charge < -0.3 is 5.73 Å². The van der Waals surface area contributed by atoms with Crippen LogP contribution in [-0.4, -0.2) is 22.6 Å². The van der Waals surface area contributed by atoms with Gasteiger partial charge in [-0.25, -0.2) is 17.4 Å². The van der Waals surface area contributed by atoms with Gasteiger partial charge >= 0.3 is 0 Å². The molecule has 1 fully saturated rings. The molecule has 132 valence electrons. The Hall–Kier alpha value is -2.78. The van der Waals surface area contributed by atoms with Crippen molar-refractivity contribution in [1.29, 1.82) is 0 Å². The maximum atomic E-state index is 13.0. The number of nitrogen functional groups attached to an aromatic ring is 1. The van der Waals surface area contributed by atoms with Gasteiger partial charge in [0.05, 0.1) is 16.3 Å². The van der Waals surface area contributed by atoms with Crippen LogP contribution in [0.4, 0.5) is 5.95 Å². The van der Waals surface area contributed by atoms with Crippen molar-refractivity contribution in [3.05, 3.63) is 59.7 Å². The van der Waals surface area contributed by atoms with Crippen LogP contribution >= 0.6 is 0 Å². The summed E-state index contributed by atoms with van der Waals surface area (Å²) in [4.78, 5) is 4.22. The summed E-state index contributed by atoms with van der Waals surface area (Å²) >= 11 is 0. The molecule has 0 aliphatic heterocycles. The molecule has 5 nitrogen and oxygen atoms in total. The van der Waals surface area contributed by atoms with Gasteiger partial charge in [0.1, 0.15) is 0 Å². The monoisotopic (exact) mass is 365 g/mol. The minimum atomic E-state index is -3.56. The minimum absolute atomic E-state index is 0.0140. The summed E-state index contributed by atoms with van der Waals surface area (Å²) in [7, 11) is -3.56. The number of nitrogens with two attached hydrogens (primary N) is 1. The zero-order valence-electron chi connectivity index (χ0n) is 14.2. The molecule has 1 aliphatic carbocycles. The maximum absolute atomic E-state index is 13.0. The molecular weight excluding hydrogens is 346 g/mol. The predicted octanol–water partition coefficient (Wildman–Crippen LogP) is 3.14. The summed E-state index contributed by atoms with van der Waals surface area (Å²) in [6.07, 6.45) is 3.22. The van der Waals surface area contributed by atoms with Gasteiger partial charge in [0.25, 0.3) is 0 Å². The molecule has 6 heteroatoms.